The van der Waals surface area contributed by atoms with Crippen LogP contribution in [0.2, 0.25) is 0 Å². The normalized spacial score (nSPS) is 13.7. The molecule has 2 aromatic heterocycles. The first-order chi connectivity index (χ1) is 8.88. The first kappa shape index (κ1) is 14.2. The summed E-state index contributed by atoms with van der Waals surface area (Å²) in [6, 6.07) is 0.303. The molecule has 4 nitrogen and oxygen atoms in total. The Morgan fingerprint density at radius 3 is 2.68 bits per heavy atom. The zero-order chi connectivity index (χ0) is 14.0. The van der Waals surface area contributed by atoms with E-state index in [-0.39, 0.29) is 5.41 Å². The van der Waals surface area contributed by atoms with E-state index < -0.39 is 0 Å². The van der Waals surface area contributed by atoms with Crippen LogP contribution in [0, 0.1) is 6.92 Å². The topological polar surface area (TPSA) is 53.6 Å². The van der Waals surface area contributed by atoms with Gasteiger partial charge in [-0.05, 0) is 13.8 Å². The summed E-state index contributed by atoms with van der Waals surface area (Å²) in [5, 5.41) is 4.71. The van der Waals surface area contributed by atoms with Gasteiger partial charge in [0.05, 0.1) is 17.0 Å². The number of hydrogen-bond donors (Lipinski definition) is 2. The van der Waals surface area contributed by atoms with Crippen LogP contribution in [0.15, 0.2) is 12.5 Å². The highest BCUT2D eigenvalue weighted by Gasteiger charge is 2.22. The zero-order valence-corrected chi connectivity index (χ0v) is 13.1. The molecule has 2 rings (SSSR count). The van der Waals surface area contributed by atoms with E-state index in [0.29, 0.717) is 6.04 Å². The van der Waals surface area contributed by atoms with Gasteiger partial charge < -0.3 is 10.3 Å². The smallest absolute Gasteiger partial charge is 0.0985 e. The van der Waals surface area contributed by atoms with E-state index in [9.17, 15) is 0 Å². The molecule has 0 bridgehead atoms. The maximum atomic E-state index is 4.71. The van der Waals surface area contributed by atoms with Crippen LogP contribution in [-0.2, 0) is 12.0 Å². The second-order valence-electron chi connectivity index (χ2n) is 5.90. The Morgan fingerprint density at radius 1 is 1.42 bits per heavy atom. The van der Waals surface area contributed by atoms with Gasteiger partial charge in [0.1, 0.15) is 0 Å². The molecule has 1 atom stereocenters. The third-order valence-electron chi connectivity index (χ3n) is 3.02. The number of rotatable bonds is 4. The Labute approximate surface area is 118 Å². The summed E-state index contributed by atoms with van der Waals surface area (Å²) in [5.74, 6) is 0. The highest BCUT2D eigenvalue weighted by Crippen LogP contribution is 2.32. The molecule has 0 fully saturated rings. The highest BCUT2D eigenvalue weighted by molar-refractivity contribution is 7.12. The van der Waals surface area contributed by atoms with E-state index in [0.717, 1.165) is 17.9 Å². The van der Waals surface area contributed by atoms with Crippen LogP contribution in [0.5, 0.6) is 0 Å². The lowest BCUT2D eigenvalue weighted by Crippen LogP contribution is -2.18. The fourth-order valence-corrected chi connectivity index (χ4v) is 3.02. The van der Waals surface area contributed by atoms with Crippen LogP contribution in [0.25, 0.3) is 0 Å². The summed E-state index contributed by atoms with van der Waals surface area (Å²) in [4.78, 5) is 13.2. The first-order valence-corrected chi connectivity index (χ1v) is 7.38. The Balaban J connectivity index is 2.06. The van der Waals surface area contributed by atoms with E-state index in [2.05, 4.69) is 49.9 Å². The molecule has 0 aliphatic rings. The SMILES string of the molecule is Cc1nc(C(C)(C)C)sc1C(C)NCc1cnc[nH]1. The second kappa shape index (κ2) is 5.43. The fraction of sp³-hybridized carbons (Fsp3) is 0.571. The van der Waals surface area contributed by atoms with Crippen molar-refractivity contribution in [3.8, 4) is 0 Å². The van der Waals surface area contributed by atoms with E-state index in [1.54, 1.807) is 6.33 Å². The zero-order valence-electron chi connectivity index (χ0n) is 12.2. The Hall–Kier alpha value is -1.20. The summed E-state index contributed by atoms with van der Waals surface area (Å²) in [7, 11) is 0. The molecule has 0 spiro atoms. The van der Waals surface area contributed by atoms with E-state index in [4.69, 9.17) is 4.98 Å². The van der Waals surface area contributed by atoms with Crippen molar-refractivity contribution in [2.75, 3.05) is 0 Å². The lowest BCUT2D eigenvalue weighted by atomic mass is 9.98. The molecule has 0 aliphatic heterocycles. The van der Waals surface area contributed by atoms with Gasteiger partial charge in [0.25, 0.3) is 0 Å². The van der Waals surface area contributed by atoms with Crippen LogP contribution in [0.3, 0.4) is 0 Å². The molecular weight excluding hydrogens is 256 g/mol. The molecule has 2 aromatic rings. The number of imidazole rings is 1. The van der Waals surface area contributed by atoms with E-state index >= 15 is 0 Å². The van der Waals surface area contributed by atoms with Gasteiger partial charge in [-0.1, -0.05) is 20.8 Å². The minimum atomic E-state index is 0.122. The van der Waals surface area contributed by atoms with Crippen molar-refractivity contribution in [1.29, 1.82) is 0 Å². The summed E-state index contributed by atoms with van der Waals surface area (Å²) >= 11 is 1.81. The lowest BCUT2D eigenvalue weighted by molar-refractivity contribution is 0.572. The number of hydrogen-bond acceptors (Lipinski definition) is 4. The van der Waals surface area contributed by atoms with E-state index in [1.165, 1.54) is 9.88 Å². The van der Waals surface area contributed by atoms with Gasteiger partial charge in [0.15, 0.2) is 0 Å². The Morgan fingerprint density at radius 2 is 2.16 bits per heavy atom. The molecule has 5 heteroatoms. The molecule has 2 heterocycles. The van der Waals surface area contributed by atoms with Gasteiger partial charge in [-0.15, -0.1) is 11.3 Å². The molecule has 2 N–H and O–H groups in total. The van der Waals surface area contributed by atoms with Gasteiger partial charge in [-0.25, -0.2) is 9.97 Å². The number of nitrogens with zero attached hydrogens (tertiary/aromatic N) is 2. The summed E-state index contributed by atoms with van der Waals surface area (Å²) < 4.78 is 0. The van der Waals surface area contributed by atoms with Gasteiger partial charge >= 0.3 is 0 Å². The van der Waals surface area contributed by atoms with Crippen LogP contribution < -0.4 is 5.32 Å². The van der Waals surface area contributed by atoms with Gasteiger partial charge in [-0.2, -0.15) is 0 Å². The van der Waals surface area contributed by atoms with Gasteiger partial charge in [0.2, 0.25) is 0 Å². The van der Waals surface area contributed by atoms with Crippen LogP contribution in [-0.4, -0.2) is 15.0 Å². The minimum Gasteiger partial charge on any atom is -0.347 e. The number of aromatic amines is 1. The number of thiazole rings is 1. The van der Waals surface area contributed by atoms with Crippen molar-refractivity contribution in [2.45, 2.75) is 52.6 Å². The molecule has 19 heavy (non-hydrogen) atoms. The van der Waals surface area contributed by atoms with Crippen molar-refractivity contribution in [3.63, 3.8) is 0 Å². The molecule has 0 saturated carbocycles. The predicted molar refractivity (Wildman–Crippen MR) is 79.4 cm³/mol. The highest BCUT2D eigenvalue weighted by atomic mass is 32.1. The quantitative estimate of drug-likeness (QED) is 0.902. The van der Waals surface area contributed by atoms with E-state index in [1.807, 2.05) is 17.5 Å². The molecule has 104 valence electrons. The molecule has 0 aromatic carbocycles. The van der Waals surface area contributed by atoms with Crippen LogP contribution >= 0.6 is 11.3 Å². The molecular formula is C14H22N4S. The molecule has 0 amide bonds. The monoisotopic (exact) mass is 278 g/mol. The standard InChI is InChI=1S/C14H22N4S/c1-9(16-7-11-6-15-8-17-11)12-10(2)18-13(19-12)14(3,4)5/h6,8-9,16H,7H2,1-5H3,(H,15,17). The van der Waals surface area contributed by atoms with Crippen molar-refractivity contribution < 1.29 is 0 Å². The summed E-state index contributed by atoms with van der Waals surface area (Å²) in [6.45, 7) is 11.7. The molecule has 1 unspecified atom stereocenters. The lowest BCUT2D eigenvalue weighted by Gasteiger charge is -2.14. The molecule has 0 aliphatic carbocycles. The molecule has 0 radical (unpaired) electrons. The third-order valence-corrected chi connectivity index (χ3v) is 4.79. The van der Waals surface area contributed by atoms with Crippen LogP contribution in [0.1, 0.15) is 55.0 Å². The van der Waals surface area contributed by atoms with Crippen molar-refractivity contribution >= 4 is 11.3 Å². The average molecular weight is 278 g/mol. The average Bonchev–Trinajstić information content (AvgIpc) is 2.93. The maximum absolute atomic E-state index is 4.71. The first-order valence-electron chi connectivity index (χ1n) is 6.56. The number of nitrogens with one attached hydrogen (secondary N) is 2. The molecule has 0 saturated heterocycles. The van der Waals surface area contributed by atoms with Crippen LogP contribution in [0.4, 0.5) is 0 Å². The summed E-state index contributed by atoms with van der Waals surface area (Å²) in [6.07, 6.45) is 3.55. The predicted octanol–water partition coefficient (Wildman–Crippen LogP) is 3.32. The van der Waals surface area contributed by atoms with Gasteiger partial charge in [0, 0.05) is 34.8 Å². The number of H-pyrrole nitrogens is 1. The van der Waals surface area contributed by atoms with Crippen molar-refractivity contribution in [2.24, 2.45) is 0 Å². The third kappa shape index (κ3) is 3.42. The maximum Gasteiger partial charge on any atom is 0.0985 e. The fourth-order valence-electron chi connectivity index (χ4n) is 1.87. The second-order valence-corrected chi connectivity index (χ2v) is 6.93. The largest absolute Gasteiger partial charge is 0.347 e. The minimum absolute atomic E-state index is 0.122. The Bertz CT molecular complexity index is 522. The number of aromatic nitrogens is 3. The van der Waals surface area contributed by atoms with Crippen molar-refractivity contribution in [3.05, 3.63) is 33.8 Å². The van der Waals surface area contributed by atoms with Crippen molar-refractivity contribution in [1.82, 2.24) is 20.3 Å². The Kier molecular flexibility index (Phi) is 4.06. The van der Waals surface area contributed by atoms with Gasteiger partial charge in [-0.3, -0.25) is 0 Å². The summed E-state index contributed by atoms with van der Waals surface area (Å²) in [5.41, 5.74) is 2.36. The number of aryl methyl sites for hydroxylation is 1.